The van der Waals surface area contributed by atoms with Gasteiger partial charge in [0.25, 0.3) is 0 Å². The lowest BCUT2D eigenvalue weighted by molar-refractivity contribution is 0.291. The molecule has 2 nitrogen and oxygen atoms in total. The third-order valence-corrected chi connectivity index (χ3v) is 2.24. The molecule has 0 aromatic carbocycles. The molecule has 1 aliphatic heterocycles. The minimum absolute atomic E-state index is 0.683. The van der Waals surface area contributed by atoms with E-state index in [9.17, 15) is 0 Å². The lowest BCUT2D eigenvalue weighted by Gasteiger charge is -2.25. The third-order valence-electron chi connectivity index (χ3n) is 2.24. The van der Waals surface area contributed by atoms with Crippen molar-refractivity contribution in [3.05, 3.63) is 11.6 Å². The van der Waals surface area contributed by atoms with Crippen LogP contribution in [0.3, 0.4) is 0 Å². The number of hydrogen-bond acceptors (Lipinski definition) is 2. The molecule has 0 amide bonds. The van der Waals surface area contributed by atoms with Crippen molar-refractivity contribution >= 4 is 0 Å². The van der Waals surface area contributed by atoms with E-state index in [0.29, 0.717) is 6.54 Å². The topological polar surface area (TPSA) is 15.3 Å². The monoisotopic (exact) mass is 178 g/mol. The first-order chi connectivity index (χ1) is 6.33. The van der Waals surface area contributed by atoms with Gasteiger partial charge in [0.2, 0.25) is 0 Å². The molecule has 1 heterocycles. The van der Waals surface area contributed by atoms with E-state index in [1.165, 1.54) is 18.5 Å². The van der Waals surface area contributed by atoms with Crippen molar-refractivity contribution < 1.29 is 0 Å². The quantitative estimate of drug-likeness (QED) is 0.390. The second-order valence-corrected chi connectivity index (χ2v) is 3.50. The summed E-state index contributed by atoms with van der Waals surface area (Å²) in [7, 11) is 0. The zero-order chi connectivity index (χ0) is 9.52. The highest BCUT2D eigenvalue weighted by atomic mass is 15.1. The number of rotatable bonds is 4. The third kappa shape index (κ3) is 4.12. The molecule has 0 aromatic heterocycles. The summed E-state index contributed by atoms with van der Waals surface area (Å²) in [6.45, 7) is 7.29. The molecule has 2 heteroatoms. The molecule has 0 spiro atoms. The van der Waals surface area contributed by atoms with Crippen LogP contribution < -0.4 is 5.32 Å². The van der Waals surface area contributed by atoms with Gasteiger partial charge >= 0.3 is 0 Å². The van der Waals surface area contributed by atoms with Crippen molar-refractivity contribution in [3.63, 3.8) is 0 Å². The molecule has 13 heavy (non-hydrogen) atoms. The van der Waals surface area contributed by atoms with Gasteiger partial charge in [-0.3, -0.25) is 4.90 Å². The molecule has 0 aliphatic carbocycles. The van der Waals surface area contributed by atoms with Crippen LogP contribution in [0, 0.1) is 12.3 Å². The zero-order valence-corrected chi connectivity index (χ0v) is 8.34. The van der Waals surface area contributed by atoms with E-state index in [0.717, 1.165) is 19.6 Å². The van der Waals surface area contributed by atoms with Gasteiger partial charge in [-0.05, 0) is 13.3 Å². The Hall–Kier alpha value is -0.780. The summed E-state index contributed by atoms with van der Waals surface area (Å²) in [5.74, 6) is 2.57. The molecule has 0 aromatic rings. The smallest absolute Gasteiger partial charge is 0.0574 e. The fourth-order valence-electron chi connectivity index (χ4n) is 1.58. The van der Waals surface area contributed by atoms with Crippen molar-refractivity contribution in [2.24, 2.45) is 0 Å². The first kappa shape index (κ1) is 10.3. The van der Waals surface area contributed by atoms with Crippen LogP contribution >= 0.6 is 0 Å². The van der Waals surface area contributed by atoms with Crippen molar-refractivity contribution in [1.82, 2.24) is 10.2 Å². The summed E-state index contributed by atoms with van der Waals surface area (Å²) in [6.07, 6.45) is 8.65. The molecule has 0 saturated heterocycles. The summed E-state index contributed by atoms with van der Waals surface area (Å²) in [5, 5.41) is 3.20. The van der Waals surface area contributed by atoms with Crippen LogP contribution in [0.15, 0.2) is 11.6 Å². The Bertz CT molecular complexity index is 213. The van der Waals surface area contributed by atoms with Gasteiger partial charge in [-0.1, -0.05) is 17.6 Å². The van der Waals surface area contributed by atoms with E-state index in [1.807, 2.05) is 0 Å². The normalized spacial score (nSPS) is 18.0. The molecule has 0 saturated carbocycles. The SMILES string of the molecule is C#CCNCCN1CCC=C(C)C1. The molecule has 0 bridgehead atoms. The second kappa shape index (κ2) is 5.80. The Morgan fingerprint density at radius 1 is 1.69 bits per heavy atom. The Balaban J connectivity index is 2.09. The summed E-state index contributed by atoms with van der Waals surface area (Å²) in [4.78, 5) is 2.46. The number of terminal acetylenes is 1. The standard InChI is InChI=1S/C11H18N2/c1-3-6-12-7-9-13-8-4-5-11(2)10-13/h1,5,12H,4,6-10H2,2H3. The largest absolute Gasteiger partial charge is 0.305 e. The van der Waals surface area contributed by atoms with Crippen molar-refractivity contribution in [3.8, 4) is 12.3 Å². The van der Waals surface area contributed by atoms with Crippen molar-refractivity contribution in [2.45, 2.75) is 13.3 Å². The Kier molecular flexibility index (Phi) is 4.59. The molecular weight excluding hydrogens is 160 g/mol. The lowest BCUT2D eigenvalue weighted by atomic mass is 10.1. The summed E-state index contributed by atoms with van der Waals surface area (Å²) in [5.41, 5.74) is 1.49. The highest BCUT2D eigenvalue weighted by Crippen LogP contribution is 2.07. The number of hydrogen-bond donors (Lipinski definition) is 1. The van der Waals surface area contributed by atoms with Crippen LogP contribution in [-0.2, 0) is 0 Å². The van der Waals surface area contributed by atoms with Gasteiger partial charge in [-0.15, -0.1) is 6.42 Å². The average Bonchev–Trinajstić information content (AvgIpc) is 2.13. The molecule has 0 unspecified atom stereocenters. The fourth-order valence-corrected chi connectivity index (χ4v) is 1.58. The fraction of sp³-hybridized carbons (Fsp3) is 0.636. The van der Waals surface area contributed by atoms with E-state index < -0.39 is 0 Å². The summed E-state index contributed by atoms with van der Waals surface area (Å²) in [6, 6.07) is 0. The molecule has 1 rings (SSSR count). The maximum Gasteiger partial charge on any atom is 0.0574 e. The van der Waals surface area contributed by atoms with E-state index in [1.54, 1.807) is 0 Å². The Labute approximate surface area is 81.0 Å². The summed E-state index contributed by atoms with van der Waals surface area (Å²) < 4.78 is 0. The first-order valence-corrected chi connectivity index (χ1v) is 4.85. The van der Waals surface area contributed by atoms with E-state index in [-0.39, 0.29) is 0 Å². The average molecular weight is 178 g/mol. The van der Waals surface area contributed by atoms with Gasteiger partial charge in [0, 0.05) is 26.2 Å². The Morgan fingerprint density at radius 3 is 3.23 bits per heavy atom. The predicted octanol–water partition coefficient (Wildman–Crippen LogP) is 0.861. The maximum absolute atomic E-state index is 5.13. The van der Waals surface area contributed by atoms with Gasteiger partial charge in [0.05, 0.1) is 6.54 Å². The number of nitrogens with one attached hydrogen (secondary N) is 1. The van der Waals surface area contributed by atoms with Crippen molar-refractivity contribution in [2.75, 3.05) is 32.7 Å². The van der Waals surface area contributed by atoms with Gasteiger partial charge in [0.1, 0.15) is 0 Å². The second-order valence-electron chi connectivity index (χ2n) is 3.50. The zero-order valence-electron chi connectivity index (χ0n) is 8.34. The van der Waals surface area contributed by atoms with Crippen LogP contribution in [0.1, 0.15) is 13.3 Å². The molecule has 72 valence electrons. The van der Waals surface area contributed by atoms with Crippen LogP contribution in [0.2, 0.25) is 0 Å². The van der Waals surface area contributed by atoms with Crippen LogP contribution in [0.25, 0.3) is 0 Å². The molecule has 1 aliphatic rings. The minimum Gasteiger partial charge on any atom is -0.305 e. The molecule has 0 fully saturated rings. The van der Waals surface area contributed by atoms with Gasteiger partial charge in [0.15, 0.2) is 0 Å². The summed E-state index contributed by atoms with van der Waals surface area (Å²) >= 11 is 0. The van der Waals surface area contributed by atoms with E-state index >= 15 is 0 Å². The molecular formula is C11H18N2. The minimum atomic E-state index is 0.683. The lowest BCUT2D eigenvalue weighted by Crippen LogP contribution is -2.35. The predicted molar refractivity (Wildman–Crippen MR) is 56.5 cm³/mol. The maximum atomic E-state index is 5.13. The molecule has 0 radical (unpaired) electrons. The Morgan fingerprint density at radius 2 is 2.54 bits per heavy atom. The molecule has 1 N–H and O–H groups in total. The van der Waals surface area contributed by atoms with Crippen LogP contribution in [0.4, 0.5) is 0 Å². The highest BCUT2D eigenvalue weighted by molar-refractivity contribution is 5.04. The highest BCUT2D eigenvalue weighted by Gasteiger charge is 2.08. The van der Waals surface area contributed by atoms with Gasteiger partial charge in [-0.25, -0.2) is 0 Å². The number of nitrogens with zero attached hydrogens (tertiary/aromatic N) is 1. The van der Waals surface area contributed by atoms with Crippen LogP contribution in [-0.4, -0.2) is 37.6 Å². The molecule has 0 atom stereocenters. The van der Waals surface area contributed by atoms with Crippen LogP contribution in [0.5, 0.6) is 0 Å². The van der Waals surface area contributed by atoms with Gasteiger partial charge < -0.3 is 5.32 Å². The first-order valence-electron chi connectivity index (χ1n) is 4.85. The van der Waals surface area contributed by atoms with Crippen molar-refractivity contribution in [1.29, 1.82) is 0 Å². The van der Waals surface area contributed by atoms with Gasteiger partial charge in [-0.2, -0.15) is 0 Å². The van der Waals surface area contributed by atoms with E-state index in [2.05, 4.69) is 29.1 Å². The van der Waals surface area contributed by atoms with E-state index in [4.69, 9.17) is 6.42 Å².